The number of nitrogens with one attached hydrogen (secondary N) is 2. The van der Waals surface area contributed by atoms with E-state index in [4.69, 9.17) is 0 Å². The predicted octanol–water partition coefficient (Wildman–Crippen LogP) is 1.84. The molecule has 0 aromatic rings. The highest BCUT2D eigenvalue weighted by Crippen LogP contribution is 2.36. The van der Waals surface area contributed by atoms with E-state index in [0.29, 0.717) is 0 Å². The highest BCUT2D eigenvalue weighted by Gasteiger charge is 2.37. The molecule has 2 fully saturated rings. The summed E-state index contributed by atoms with van der Waals surface area (Å²) in [6.07, 6.45) is 5.69. The smallest absolute Gasteiger partial charge is 0.00988 e. The Labute approximate surface area is 113 Å². The molecule has 0 aromatic heterocycles. The summed E-state index contributed by atoms with van der Waals surface area (Å²) in [7, 11) is 2.32. The minimum Gasteiger partial charge on any atom is -0.315 e. The van der Waals surface area contributed by atoms with Crippen LogP contribution in [0, 0.1) is 5.92 Å². The molecule has 0 radical (unpaired) electrons. The maximum atomic E-state index is 3.63. The second-order valence-electron chi connectivity index (χ2n) is 7.27. The van der Waals surface area contributed by atoms with Crippen LogP contribution in [0.4, 0.5) is 0 Å². The van der Waals surface area contributed by atoms with E-state index in [1.165, 1.54) is 32.2 Å². The normalized spacial score (nSPS) is 33.0. The van der Waals surface area contributed by atoms with Crippen molar-refractivity contribution in [2.45, 2.75) is 64.1 Å². The number of nitrogens with zero attached hydrogens (tertiary/aromatic N) is 1. The monoisotopic (exact) mass is 253 g/mol. The average Bonchev–Trinajstić information content (AvgIpc) is 2.51. The Hall–Kier alpha value is -0.120. The molecule has 2 aliphatic heterocycles. The van der Waals surface area contributed by atoms with E-state index >= 15 is 0 Å². The maximum Gasteiger partial charge on any atom is 0.00988 e. The predicted molar refractivity (Wildman–Crippen MR) is 77.9 cm³/mol. The molecule has 0 amide bonds. The van der Waals surface area contributed by atoms with Gasteiger partial charge in [0.1, 0.15) is 0 Å². The molecule has 2 rings (SSSR count). The standard InChI is InChI=1S/C15H31N3/c1-15(2,3)17-8-7-16-11-12-9-13-5-6-14(10-12)18(13)4/h12-14,16-17H,5-11H2,1-4H3. The van der Waals surface area contributed by atoms with Crippen molar-refractivity contribution in [1.29, 1.82) is 0 Å². The van der Waals surface area contributed by atoms with Gasteiger partial charge in [0.2, 0.25) is 0 Å². The molecule has 0 aromatic carbocycles. The largest absolute Gasteiger partial charge is 0.315 e. The van der Waals surface area contributed by atoms with E-state index in [9.17, 15) is 0 Å². The molecule has 2 aliphatic rings. The highest BCUT2D eigenvalue weighted by molar-refractivity contribution is 4.93. The quantitative estimate of drug-likeness (QED) is 0.732. The van der Waals surface area contributed by atoms with Crippen molar-refractivity contribution < 1.29 is 0 Å². The van der Waals surface area contributed by atoms with Crippen LogP contribution >= 0.6 is 0 Å². The summed E-state index contributed by atoms with van der Waals surface area (Å²) in [6.45, 7) is 10.1. The zero-order chi connectivity index (χ0) is 13.2. The zero-order valence-corrected chi connectivity index (χ0v) is 12.6. The lowest BCUT2D eigenvalue weighted by molar-refractivity contribution is 0.133. The van der Waals surface area contributed by atoms with Gasteiger partial charge in [-0.25, -0.2) is 0 Å². The van der Waals surface area contributed by atoms with Gasteiger partial charge in [-0.2, -0.15) is 0 Å². The van der Waals surface area contributed by atoms with Crippen LogP contribution in [-0.4, -0.2) is 49.2 Å². The third-order valence-electron chi connectivity index (χ3n) is 4.59. The Bertz CT molecular complexity index is 245. The molecular formula is C15H31N3. The van der Waals surface area contributed by atoms with Crippen LogP contribution in [-0.2, 0) is 0 Å². The molecular weight excluding hydrogens is 222 g/mol. The summed E-state index contributed by atoms with van der Waals surface area (Å²) < 4.78 is 0. The molecule has 3 nitrogen and oxygen atoms in total. The van der Waals surface area contributed by atoms with Crippen molar-refractivity contribution in [2.24, 2.45) is 5.92 Å². The van der Waals surface area contributed by atoms with Gasteiger partial charge in [-0.05, 0) is 66.0 Å². The van der Waals surface area contributed by atoms with Gasteiger partial charge in [-0.3, -0.25) is 0 Å². The fraction of sp³-hybridized carbons (Fsp3) is 1.00. The average molecular weight is 253 g/mol. The summed E-state index contributed by atoms with van der Waals surface area (Å²) in [6, 6.07) is 1.76. The summed E-state index contributed by atoms with van der Waals surface area (Å²) in [5, 5.41) is 7.16. The third-order valence-corrected chi connectivity index (χ3v) is 4.59. The Kier molecular flexibility index (Phi) is 4.68. The van der Waals surface area contributed by atoms with E-state index < -0.39 is 0 Å². The first-order valence-corrected chi connectivity index (χ1v) is 7.63. The number of hydrogen-bond acceptors (Lipinski definition) is 3. The van der Waals surface area contributed by atoms with Crippen LogP contribution < -0.4 is 10.6 Å². The highest BCUT2D eigenvalue weighted by atomic mass is 15.2. The van der Waals surface area contributed by atoms with Crippen LogP contribution in [0.15, 0.2) is 0 Å². The SMILES string of the molecule is CN1C2CCC1CC(CNCCNC(C)(C)C)C2. The number of hydrogen-bond donors (Lipinski definition) is 2. The minimum atomic E-state index is 0.244. The van der Waals surface area contributed by atoms with Gasteiger partial charge in [0, 0.05) is 30.7 Å². The Morgan fingerprint density at radius 1 is 1.06 bits per heavy atom. The molecule has 0 saturated carbocycles. The first-order chi connectivity index (χ1) is 8.46. The van der Waals surface area contributed by atoms with Crippen molar-refractivity contribution in [3.63, 3.8) is 0 Å². The van der Waals surface area contributed by atoms with Crippen LogP contribution in [0.1, 0.15) is 46.5 Å². The van der Waals surface area contributed by atoms with E-state index in [1.54, 1.807) is 0 Å². The summed E-state index contributed by atoms with van der Waals surface area (Å²) in [5.74, 6) is 0.910. The Morgan fingerprint density at radius 3 is 2.22 bits per heavy atom. The minimum absolute atomic E-state index is 0.244. The molecule has 106 valence electrons. The fourth-order valence-corrected chi connectivity index (χ4v) is 3.52. The molecule has 18 heavy (non-hydrogen) atoms. The topological polar surface area (TPSA) is 27.3 Å². The van der Waals surface area contributed by atoms with Gasteiger partial charge in [-0.15, -0.1) is 0 Å². The van der Waals surface area contributed by atoms with Gasteiger partial charge < -0.3 is 15.5 Å². The summed E-state index contributed by atoms with van der Waals surface area (Å²) >= 11 is 0. The molecule has 2 N–H and O–H groups in total. The molecule has 0 spiro atoms. The van der Waals surface area contributed by atoms with E-state index in [-0.39, 0.29) is 5.54 Å². The number of fused-ring (bicyclic) bond motifs is 2. The first-order valence-electron chi connectivity index (χ1n) is 7.63. The van der Waals surface area contributed by atoms with Crippen molar-refractivity contribution >= 4 is 0 Å². The molecule has 2 saturated heterocycles. The van der Waals surface area contributed by atoms with Crippen LogP contribution in [0.3, 0.4) is 0 Å². The zero-order valence-electron chi connectivity index (χ0n) is 12.6. The van der Waals surface area contributed by atoms with Crippen LogP contribution in [0.2, 0.25) is 0 Å². The summed E-state index contributed by atoms with van der Waals surface area (Å²) in [4.78, 5) is 2.62. The molecule has 2 bridgehead atoms. The lowest BCUT2D eigenvalue weighted by Gasteiger charge is -2.36. The van der Waals surface area contributed by atoms with Gasteiger partial charge in [-0.1, -0.05) is 0 Å². The Morgan fingerprint density at radius 2 is 1.67 bits per heavy atom. The second-order valence-corrected chi connectivity index (χ2v) is 7.27. The molecule has 2 unspecified atom stereocenters. The molecule has 2 atom stereocenters. The van der Waals surface area contributed by atoms with E-state index in [0.717, 1.165) is 31.1 Å². The number of piperidine rings is 1. The van der Waals surface area contributed by atoms with Gasteiger partial charge in [0.15, 0.2) is 0 Å². The second kappa shape index (κ2) is 5.89. The van der Waals surface area contributed by atoms with Gasteiger partial charge in [0.25, 0.3) is 0 Å². The third kappa shape index (κ3) is 3.94. The molecule has 3 heteroatoms. The van der Waals surface area contributed by atoms with Crippen molar-refractivity contribution in [1.82, 2.24) is 15.5 Å². The lowest BCUT2D eigenvalue weighted by atomic mass is 9.91. The fourth-order valence-electron chi connectivity index (χ4n) is 3.52. The lowest BCUT2D eigenvalue weighted by Crippen LogP contribution is -2.44. The number of rotatable bonds is 5. The van der Waals surface area contributed by atoms with E-state index in [1.807, 2.05) is 0 Å². The van der Waals surface area contributed by atoms with Crippen molar-refractivity contribution in [3.05, 3.63) is 0 Å². The Balaban J connectivity index is 1.58. The molecule has 0 aliphatic carbocycles. The molecule has 2 heterocycles. The van der Waals surface area contributed by atoms with Crippen molar-refractivity contribution in [2.75, 3.05) is 26.7 Å². The first kappa shape index (κ1) is 14.3. The van der Waals surface area contributed by atoms with Crippen LogP contribution in [0.5, 0.6) is 0 Å². The van der Waals surface area contributed by atoms with Gasteiger partial charge >= 0.3 is 0 Å². The van der Waals surface area contributed by atoms with Crippen molar-refractivity contribution in [3.8, 4) is 0 Å². The van der Waals surface area contributed by atoms with Gasteiger partial charge in [0.05, 0.1) is 0 Å². The van der Waals surface area contributed by atoms with E-state index in [2.05, 4.69) is 43.4 Å². The summed E-state index contributed by atoms with van der Waals surface area (Å²) in [5.41, 5.74) is 0.244. The maximum absolute atomic E-state index is 3.63. The van der Waals surface area contributed by atoms with Crippen LogP contribution in [0.25, 0.3) is 0 Å².